The predicted octanol–water partition coefficient (Wildman–Crippen LogP) is 1.00. The number of aliphatic hydroxyl groups is 1. The Morgan fingerprint density at radius 3 is 2.60 bits per heavy atom. The Morgan fingerprint density at radius 2 is 2.00 bits per heavy atom. The van der Waals surface area contributed by atoms with E-state index in [-0.39, 0.29) is 12.5 Å². The van der Waals surface area contributed by atoms with Gasteiger partial charge in [0, 0.05) is 6.54 Å². The minimum absolute atomic E-state index is 0.338. The fraction of sp³-hybridized carbons (Fsp3) is 0.333. The third-order valence-electron chi connectivity index (χ3n) is 3.41. The van der Waals surface area contributed by atoms with Crippen LogP contribution in [0.15, 0.2) is 42.5 Å². The Morgan fingerprint density at radius 1 is 1.30 bits per heavy atom. The van der Waals surface area contributed by atoms with E-state index in [1.807, 2.05) is 6.07 Å². The SMILES string of the molecule is O=C(O)C1C=CCCN1C(=O)C(CO)c1ccccc1. The van der Waals surface area contributed by atoms with Gasteiger partial charge in [-0.3, -0.25) is 4.79 Å². The molecule has 20 heavy (non-hydrogen) atoms. The molecule has 0 bridgehead atoms. The standard InChI is InChI=1S/C15H17NO4/c17-10-12(11-6-2-1-3-7-11)14(18)16-9-5-4-8-13(16)15(19)20/h1-4,6-8,12-13,17H,5,9-10H2,(H,19,20). The van der Waals surface area contributed by atoms with Gasteiger partial charge in [-0.05, 0) is 12.0 Å². The summed E-state index contributed by atoms with van der Waals surface area (Å²) in [6, 6.07) is 7.97. The second-order valence-electron chi connectivity index (χ2n) is 4.68. The lowest BCUT2D eigenvalue weighted by Gasteiger charge is -2.32. The minimum atomic E-state index is -1.06. The number of aliphatic carboxylic acids is 1. The molecule has 1 heterocycles. The number of nitrogens with zero attached hydrogens (tertiary/aromatic N) is 1. The number of hydrogen-bond acceptors (Lipinski definition) is 3. The number of carbonyl (C=O) groups is 2. The fourth-order valence-corrected chi connectivity index (χ4v) is 2.36. The van der Waals surface area contributed by atoms with Crippen LogP contribution in [0.4, 0.5) is 0 Å². The molecule has 1 aliphatic rings. The van der Waals surface area contributed by atoms with Gasteiger partial charge in [0.2, 0.25) is 5.91 Å². The molecule has 0 aromatic heterocycles. The van der Waals surface area contributed by atoms with E-state index in [2.05, 4.69) is 0 Å². The highest BCUT2D eigenvalue weighted by Crippen LogP contribution is 2.21. The van der Waals surface area contributed by atoms with Gasteiger partial charge >= 0.3 is 5.97 Å². The number of amides is 1. The van der Waals surface area contributed by atoms with E-state index in [1.54, 1.807) is 30.3 Å². The summed E-state index contributed by atoms with van der Waals surface area (Å²) in [5, 5.41) is 18.7. The molecule has 0 radical (unpaired) electrons. The molecule has 0 fully saturated rings. The lowest BCUT2D eigenvalue weighted by atomic mass is 9.96. The van der Waals surface area contributed by atoms with Crippen LogP contribution in [0.3, 0.4) is 0 Å². The van der Waals surface area contributed by atoms with E-state index in [9.17, 15) is 19.8 Å². The van der Waals surface area contributed by atoms with Crippen molar-refractivity contribution in [2.75, 3.05) is 13.2 Å². The Hall–Kier alpha value is -2.14. The molecule has 1 aromatic carbocycles. The second kappa shape index (κ2) is 6.34. The summed E-state index contributed by atoms with van der Waals surface area (Å²) < 4.78 is 0. The van der Waals surface area contributed by atoms with Gasteiger partial charge in [-0.2, -0.15) is 0 Å². The van der Waals surface area contributed by atoms with Crippen LogP contribution in [0.2, 0.25) is 0 Å². The van der Waals surface area contributed by atoms with Gasteiger partial charge in [-0.25, -0.2) is 4.79 Å². The van der Waals surface area contributed by atoms with E-state index in [0.717, 1.165) is 0 Å². The zero-order chi connectivity index (χ0) is 14.5. The Labute approximate surface area is 117 Å². The lowest BCUT2D eigenvalue weighted by molar-refractivity contribution is -0.149. The zero-order valence-electron chi connectivity index (χ0n) is 11.0. The van der Waals surface area contributed by atoms with Gasteiger partial charge in [-0.1, -0.05) is 42.5 Å². The maximum absolute atomic E-state index is 12.5. The Kier molecular flexibility index (Phi) is 4.53. The zero-order valence-corrected chi connectivity index (χ0v) is 11.0. The topological polar surface area (TPSA) is 77.8 Å². The van der Waals surface area contributed by atoms with Crippen molar-refractivity contribution in [3.05, 3.63) is 48.0 Å². The highest BCUT2D eigenvalue weighted by molar-refractivity contribution is 5.89. The van der Waals surface area contributed by atoms with Crippen molar-refractivity contribution < 1.29 is 19.8 Å². The highest BCUT2D eigenvalue weighted by Gasteiger charge is 2.33. The number of carboxylic acids is 1. The van der Waals surface area contributed by atoms with Gasteiger partial charge in [0.1, 0.15) is 6.04 Å². The molecule has 0 saturated carbocycles. The van der Waals surface area contributed by atoms with Crippen LogP contribution in [-0.4, -0.2) is 46.2 Å². The van der Waals surface area contributed by atoms with Gasteiger partial charge in [-0.15, -0.1) is 0 Å². The van der Waals surface area contributed by atoms with E-state index in [4.69, 9.17) is 0 Å². The average molecular weight is 275 g/mol. The molecule has 0 saturated heterocycles. The largest absolute Gasteiger partial charge is 0.479 e. The molecular formula is C15H17NO4. The van der Waals surface area contributed by atoms with E-state index < -0.39 is 17.9 Å². The first-order valence-corrected chi connectivity index (χ1v) is 6.51. The summed E-state index contributed by atoms with van der Waals surface area (Å²) in [6.07, 6.45) is 3.91. The monoisotopic (exact) mass is 275 g/mol. The Bertz CT molecular complexity index is 512. The second-order valence-corrected chi connectivity index (χ2v) is 4.68. The van der Waals surface area contributed by atoms with Crippen molar-refractivity contribution in [3.8, 4) is 0 Å². The number of carboxylic acid groups (broad SMARTS) is 1. The summed E-state index contributed by atoms with van der Waals surface area (Å²) in [4.78, 5) is 25.0. The number of aliphatic hydroxyl groups excluding tert-OH is 1. The molecule has 106 valence electrons. The van der Waals surface area contributed by atoms with Gasteiger partial charge in [0.05, 0.1) is 12.5 Å². The first-order valence-electron chi connectivity index (χ1n) is 6.51. The summed E-state index contributed by atoms with van der Waals surface area (Å²) in [5.74, 6) is -2.13. The van der Waals surface area contributed by atoms with Crippen molar-refractivity contribution in [3.63, 3.8) is 0 Å². The van der Waals surface area contributed by atoms with Crippen LogP contribution in [0, 0.1) is 0 Å². The third-order valence-corrected chi connectivity index (χ3v) is 3.41. The predicted molar refractivity (Wildman–Crippen MR) is 73.2 cm³/mol. The lowest BCUT2D eigenvalue weighted by Crippen LogP contribution is -2.48. The van der Waals surface area contributed by atoms with E-state index in [0.29, 0.717) is 18.5 Å². The molecule has 0 aliphatic carbocycles. The van der Waals surface area contributed by atoms with Crippen molar-refractivity contribution in [2.24, 2.45) is 0 Å². The van der Waals surface area contributed by atoms with Gasteiger partial charge in [0.25, 0.3) is 0 Å². The number of hydrogen-bond donors (Lipinski definition) is 2. The van der Waals surface area contributed by atoms with Gasteiger partial charge < -0.3 is 15.1 Å². The van der Waals surface area contributed by atoms with E-state index >= 15 is 0 Å². The summed E-state index contributed by atoms with van der Waals surface area (Å²) in [7, 11) is 0. The minimum Gasteiger partial charge on any atom is -0.479 e. The van der Waals surface area contributed by atoms with Crippen LogP contribution < -0.4 is 0 Å². The molecule has 1 aromatic rings. The normalized spacial score (nSPS) is 19.6. The van der Waals surface area contributed by atoms with E-state index in [1.165, 1.54) is 11.0 Å². The van der Waals surface area contributed by atoms with Crippen LogP contribution in [0.5, 0.6) is 0 Å². The molecule has 2 rings (SSSR count). The molecule has 0 spiro atoms. The first kappa shape index (κ1) is 14.3. The average Bonchev–Trinajstić information content (AvgIpc) is 2.49. The molecule has 5 nitrogen and oxygen atoms in total. The van der Waals surface area contributed by atoms with Crippen molar-refractivity contribution in [1.29, 1.82) is 0 Å². The highest BCUT2D eigenvalue weighted by atomic mass is 16.4. The third kappa shape index (κ3) is 2.88. The van der Waals surface area contributed by atoms with Crippen molar-refractivity contribution >= 4 is 11.9 Å². The molecule has 2 atom stereocenters. The number of carbonyl (C=O) groups excluding carboxylic acids is 1. The quantitative estimate of drug-likeness (QED) is 0.804. The van der Waals surface area contributed by atoms with Crippen LogP contribution in [-0.2, 0) is 9.59 Å². The Balaban J connectivity index is 2.24. The van der Waals surface area contributed by atoms with Crippen LogP contribution in [0.25, 0.3) is 0 Å². The molecule has 2 unspecified atom stereocenters. The molecule has 2 N–H and O–H groups in total. The summed E-state index contributed by atoms with van der Waals surface area (Å²) >= 11 is 0. The number of benzene rings is 1. The summed E-state index contributed by atoms with van der Waals surface area (Å²) in [5.41, 5.74) is 0.693. The molecule has 5 heteroatoms. The molecule has 1 amide bonds. The fourth-order valence-electron chi connectivity index (χ4n) is 2.36. The van der Waals surface area contributed by atoms with Crippen LogP contribution in [0.1, 0.15) is 17.9 Å². The summed E-state index contributed by atoms with van der Waals surface area (Å²) in [6.45, 7) is 0.0189. The molecule has 1 aliphatic heterocycles. The van der Waals surface area contributed by atoms with Gasteiger partial charge in [0.15, 0.2) is 0 Å². The van der Waals surface area contributed by atoms with Crippen molar-refractivity contribution in [2.45, 2.75) is 18.4 Å². The maximum atomic E-state index is 12.5. The maximum Gasteiger partial charge on any atom is 0.330 e. The smallest absolute Gasteiger partial charge is 0.330 e. The number of rotatable bonds is 4. The first-order chi connectivity index (χ1) is 9.65. The molecular weight excluding hydrogens is 258 g/mol. The van der Waals surface area contributed by atoms with Crippen LogP contribution >= 0.6 is 0 Å². The van der Waals surface area contributed by atoms with Crippen molar-refractivity contribution in [1.82, 2.24) is 4.90 Å².